The molecule has 2 aromatic rings. The van der Waals surface area contributed by atoms with Gasteiger partial charge in [0.1, 0.15) is 0 Å². The number of carbonyl (C=O) groups excluding carboxylic acids is 2. The lowest BCUT2D eigenvalue weighted by molar-refractivity contribution is -0.129. The van der Waals surface area contributed by atoms with E-state index in [0.717, 1.165) is 6.42 Å². The normalized spacial score (nSPS) is 17.3. The van der Waals surface area contributed by atoms with Crippen LogP contribution in [0.2, 0.25) is 0 Å². The molecule has 23 heavy (non-hydrogen) atoms. The van der Waals surface area contributed by atoms with Gasteiger partial charge in [-0.05, 0) is 25.5 Å². The standard InChI is InChI=1S/C16H18N4O3/c1-11-18-16(23-19-11)13-7-8-20(10-13)14(21)9-17-15(22)12-5-3-2-4-6-12/h2-6,13H,7-10H2,1H3,(H,17,22)/t13-/m0/s1. The van der Waals surface area contributed by atoms with Crippen molar-refractivity contribution in [1.82, 2.24) is 20.4 Å². The van der Waals surface area contributed by atoms with E-state index in [4.69, 9.17) is 4.52 Å². The summed E-state index contributed by atoms with van der Waals surface area (Å²) >= 11 is 0. The van der Waals surface area contributed by atoms with Crippen LogP contribution in [0.5, 0.6) is 0 Å². The first kappa shape index (κ1) is 15.2. The molecule has 0 unspecified atom stereocenters. The van der Waals surface area contributed by atoms with Crippen LogP contribution in [-0.2, 0) is 4.79 Å². The summed E-state index contributed by atoms with van der Waals surface area (Å²) in [6.45, 7) is 2.93. The van der Waals surface area contributed by atoms with Gasteiger partial charge in [-0.1, -0.05) is 23.4 Å². The van der Waals surface area contributed by atoms with Crippen LogP contribution in [0.3, 0.4) is 0 Å². The molecule has 1 saturated heterocycles. The minimum atomic E-state index is -0.248. The SMILES string of the molecule is Cc1noc([C@H]2CCN(C(=O)CNC(=O)c3ccccc3)C2)n1. The Labute approximate surface area is 133 Å². The minimum Gasteiger partial charge on any atom is -0.343 e. The number of amides is 2. The summed E-state index contributed by atoms with van der Waals surface area (Å²) in [6, 6.07) is 8.83. The molecule has 0 bridgehead atoms. The van der Waals surface area contributed by atoms with Crippen LogP contribution >= 0.6 is 0 Å². The van der Waals surface area contributed by atoms with Crippen LogP contribution < -0.4 is 5.32 Å². The van der Waals surface area contributed by atoms with Crippen LogP contribution in [0.15, 0.2) is 34.9 Å². The van der Waals surface area contributed by atoms with E-state index in [2.05, 4.69) is 15.5 Å². The zero-order valence-corrected chi connectivity index (χ0v) is 12.9. The van der Waals surface area contributed by atoms with E-state index in [1.807, 2.05) is 6.07 Å². The van der Waals surface area contributed by atoms with Gasteiger partial charge in [0.15, 0.2) is 5.82 Å². The van der Waals surface area contributed by atoms with Crippen LogP contribution in [0.4, 0.5) is 0 Å². The highest BCUT2D eigenvalue weighted by atomic mass is 16.5. The van der Waals surface area contributed by atoms with Gasteiger partial charge >= 0.3 is 0 Å². The Balaban J connectivity index is 1.50. The third-order valence-electron chi connectivity index (χ3n) is 3.87. The van der Waals surface area contributed by atoms with Gasteiger partial charge in [0.2, 0.25) is 11.8 Å². The van der Waals surface area contributed by atoms with Crippen molar-refractivity contribution in [2.75, 3.05) is 19.6 Å². The van der Waals surface area contributed by atoms with Gasteiger partial charge in [-0.2, -0.15) is 4.98 Å². The van der Waals surface area contributed by atoms with E-state index in [9.17, 15) is 9.59 Å². The Bertz CT molecular complexity index is 698. The lowest BCUT2D eigenvalue weighted by Gasteiger charge is -2.16. The quantitative estimate of drug-likeness (QED) is 0.913. The molecule has 120 valence electrons. The number of hydrogen-bond donors (Lipinski definition) is 1. The molecular weight excluding hydrogens is 296 g/mol. The molecule has 7 nitrogen and oxygen atoms in total. The molecule has 1 aromatic heterocycles. The van der Waals surface area contributed by atoms with Gasteiger partial charge in [0, 0.05) is 18.7 Å². The van der Waals surface area contributed by atoms with Crippen molar-refractivity contribution in [1.29, 1.82) is 0 Å². The Hall–Kier alpha value is -2.70. The minimum absolute atomic E-state index is 0.0106. The maximum absolute atomic E-state index is 12.2. The molecule has 7 heteroatoms. The van der Waals surface area contributed by atoms with Crippen LogP contribution in [-0.4, -0.2) is 46.5 Å². The zero-order chi connectivity index (χ0) is 16.2. The van der Waals surface area contributed by atoms with E-state index in [1.54, 1.807) is 36.1 Å². The highest BCUT2D eigenvalue weighted by Crippen LogP contribution is 2.25. The summed E-state index contributed by atoms with van der Waals surface area (Å²) in [5.74, 6) is 0.895. The number of likely N-dealkylation sites (tertiary alicyclic amines) is 1. The topological polar surface area (TPSA) is 88.3 Å². The average Bonchev–Trinajstić information content (AvgIpc) is 3.22. The van der Waals surface area contributed by atoms with Gasteiger partial charge in [-0.25, -0.2) is 0 Å². The summed E-state index contributed by atoms with van der Waals surface area (Å²) in [7, 11) is 0. The smallest absolute Gasteiger partial charge is 0.251 e. The summed E-state index contributed by atoms with van der Waals surface area (Å²) in [5, 5.41) is 6.43. The molecule has 1 aliphatic rings. The fraction of sp³-hybridized carbons (Fsp3) is 0.375. The largest absolute Gasteiger partial charge is 0.343 e. The zero-order valence-electron chi connectivity index (χ0n) is 12.9. The third kappa shape index (κ3) is 3.56. The lowest BCUT2D eigenvalue weighted by Crippen LogP contribution is -2.39. The highest BCUT2D eigenvalue weighted by Gasteiger charge is 2.30. The van der Waals surface area contributed by atoms with Gasteiger partial charge in [-0.15, -0.1) is 0 Å². The number of aromatic nitrogens is 2. The van der Waals surface area contributed by atoms with Gasteiger partial charge in [0.25, 0.3) is 5.91 Å². The molecule has 1 aliphatic heterocycles. The highest BCUT2D eigenvalue weighted by molar-refractivity contribution is 5.96. The van der Waals surface area contributed by atoms with Crippen molar-refractivity contribution < 1.29 is 14.1 Å². The second-order valence-corrected chi connectivity index (χ2v) is 5.55. The first-order valence-electron chi connectivity index (χ1n) is 7.54. The van der Waals surface area contributed by atoms with Crippen LogP contribution in [0.1, 0.15) is 34.4 Å². The molecule has 3 rings (SSSR count). The molecule has 1 atom stereocenters. The monoisotopic (exact) mass is 314 g/mol. The molecule has 0 aliphatic carbocycles. The fourth-order valence-corrected chi connectivity index (χ4v) is 2.63. The maximum Gasteiger partial charge on any atom is 0.251 e. The van der Waals surface area contributed by atoms with E-state index in [-0.39, 0.29) is 24.3 Å². The Morgan fingerprint density at radius 3 is 2.83 bits per heavy atom. The Morgan fingerprint density at radius 1 is 1.35 bits per heavy atom. The number of hydrogen-bond acceptors (Lipinski definition) is 5. The van der Waals surface area contributed by atoms with Crippen LogP contribution in [0.25, 0.3) is 0 Å². The number of aryl methyl sites for hydroxylation is 1. The van der Waals surface area contributed by atoms with Crippen LogP contribution in [0, 0.1) is 6.92 Å². The number of benzene rings is 1. The van der Waals surface area contributed by atoms with Crippen molar-refractivity contribution in [3.63, 3.8) is 0 Å². The lowest BCUT2D eigenvalue weighted by atomic mass is 10.1. The average molecular weight is 314 g/mol. The third-order valence-corrected chi connectivity index (χ3v) is 3.87. The summed E-state index contributed by atoms with van der Waals surface area (Å²) in [5.41, 5.74) is 0.543. The van der Waals surface area contributed by atoms with Gasteiger partial charge in [0.05, 0.1) is 12.5 Å². The van der Waals surface area contributed by atoms with Crippen molar-refractivity contribution in [2.45, 2.75) is 19.3 Å². The first-order valence-corrected chi connectivity index (χ1v) is 7.54. The van der Waals surface area contributed by atoms with Crippen molar-refractivity contribution in [2.24, 2.45) is 0 Å². The Kier molecular flexibility index (Phi) is 4.36. The fourth-order valence-electron chi connectivity index (χ4n) is 2.63. The predicted molar refractivity (Wildman–Crippen MR) is 81.7 cm³/mol. The second-order valence-electron chi connectivity index (χ2n) is 5.55. The summed E-state index contributed by atoms with van der Waals surface area (Å²) in [6.07, 6.45) is 0.792. The van der Waals surface area contributed by atoms with E-state index >= 15 is 0 Å². The molecule has 2 amide bonds. The maximum atomic E-state index is 12.2. The van der Waals surface area contributed by atoms with E-state index in [1.165, 1.54) is 0 Å². The van der Waals surface area contributed by atoms with E-state index < -0.39 is 0 Å². The van der Waals surface area contributed by atoms with E-state index in [0.29, 0.717) is 30.4 Å². The van der Waals surface area contributed by atoms with Crippen molar-refractivity contribution in [3.05, 3.63) is 47.6 Å². The molecular formula is C16H18N4O3. The molecule has 0 saturated carbocycles. The summed E-state index contributed by atoms with van der Waals surface area (Å²) < 4.78 is 5.16. The first-order chi connectivity index (χ1) is 11.1. The molecule has 1 fully saturated rings. The van der Waals surface area contributed by atoms with Crippen molar-refractivity contribution >= 4 is 11.8 Å². The molecule has 0 spiro atoms. The number of rotatable bonds is 4. The van der Waals surface area contributed by atoms with Gasteiger partial charge < -0.3 is 14.7 Å². The molecule has 1 aromatic carbocycles. The van der Waals surface area contributed by atoms with Crippen molar-refractivity contribution in [3.8, 4) is 0 Å². The number of carbonyl (C=O) groups is 2. The Morgan fingerprint density at radius 2 is 2.13 bits per heavy atom. The van der Waals surface area contributed by atoms with Gasteiger partial charge in [-0.3, -0.25) is 9.59 Å². The summed E-state index contributed by atoms with van der Waals surface area (Å²) in [4.78, 5) is 30.1. The molecule has 2 heterocycles. The number of nitrogens with one attached hydrogen (secondary N) is 1. The molecule has 0 radical (unpaired) electrons. The second kappa shape index (κ2) is 6.60. The molecule has 1 N–H and O–H groups in total. The number of nitrogens with zero attached hydrogens (tertiary/aromatic N) is 3. The predicted octanol–water partition coefficient (Wildman–Crippen LogP) is 1.12.